The van der Waals surface area contributed by atoms with Gasteiger partial charge in [0, 0.05) is 10.9 Å². The molecule has 0 amide bonds. The molecule has 0 aliphatic carbocycles. The van der Waals surface area contributed by atoms with Gasteiger partial charge in [0.15, 0.2) is 23.3 Å². The lowest BCUT2D eigenvalue weighted by molar-refractivity contribution is 0.262. The molecule has 78 valence electrons. The Bertz CT molecular complexity index is 303. The molecule has 1 rings (SSSR count). The van der Waals surface area contributed by atoms with Crippen LogP contribution in [0.4, 0.5) is 17.6 Å². The molecule has 0 aliphatic heterocycles. The van der Waals surface area contributed by atoms with Gasteiger partial charge in [0.1, 0.15) is 0 Å². The monoisotopic (exact) mass is 272 g/mol. The summed E-state index contributed by atoms with van der Waals surface area (Å²) >= 11 is 2.70. The molecule has 1 nitrogen and oxygen atoms in total. The zero-order chi connectivity index (χ0) is 10.9. The van der Waals surface area contributed by atoms with E-state index in [4.69, 9.17) is 5.11 Å². The summed E-state index contributed by atoms with van der Waals surface area (Å²) in [5, 5.41) is 8.14. The molecule has 1 N–H and O–H groups in total. The summed E-state index contributed by atoms with van der Waals surface area (Å²) in [7, 11) is 0. The molecule has 0 saturated carbocycles. The first kappa shape index (κ1) is 11.5. The maximum atomic E-state index is 13.0. The van der Waals surface area contributed by atoms with E-state index in [1.165, 1.54) is 0 Å². The van der Waals surface area contributed by atoms with Crippen LogP contribution in [0, 0.1) is 23.3 Å². The van der Waals surface area contributed by atoms with E-state index in [1.807, 2.05) is 0 Å². The summed E-state index contributed by atoms with van der Waals surface area (Å²) in [4.78, 5) is 0. The van der Waals surface area contributed by atoms with Gasteiger partial charge in [-0.1, -0.05) is 15.9 Å². The molecular weight excluding hydrogens is 268 g/mol. The fourth-order valence-electron chi connectivity index (χ4n) is 0.979. The van der Waals surface area contributed by atoms with Gasteiger partial charge in [-0.2, -0.15) is 0 Å². The van der Waals surface area contributed by atoms with Gasteiger partial charge >= 0.3 is 0 Å². The Kier molecular flexibility index (Phi) is 3.49. The minimum Gasteiger partial charge on any atom is -0.391 e. The van der Waals surface area contributed by atoms with E-state index in [-0.39, 0.29) is 5.33 Å². The van der Waals surface area contributed by atoms with Crippen molar-refractivity contribution in [1.82, 2.24) is 0 Å². The van der Waals surface area contributed by atoms with Crippen LogP contribution in [0.5, 0.6) is 0 Å². The third-order valence-corrected chi connectivity index (χ3v) is 2.30. The molecule has 0 heterocycles. The summed E-state index contributed by atoms with van der Waals surface area (Å²) in [6.07, 6.45) is 0. The van der Waals surface area contributed by atoms with Crippen molar-refractivity contribution in [2.24, 2.45) is 0 Å². The number of aliphatic hydroxyl groups is 1. The number of hydrogen-bond acceptors (Lipinski definition) is 1. The van der Waals surface area contributed by atoms with Crippen LogP contribution in [-0.4, -0.2) is 5.11 Å². The summed E-state index contributed by atoms with van der Waals surface area (Å²) < 4.78 is 51.8. The van der Waals surface area contributed by atoms with Crippen molar-refractivity contribution in [3.05, 3.63) is 34.4 Å². The van der Waals surface area contributed by atoms with Gasteiger partial charge in [-0.15, -0.1) is 0 Å². The molecule has 6 heteroatoms. The number of aliphatic hydroxyl groups excluding tert-OH is 1. The first-order valence-corrected chi connectivity index (χ1v) is 4.67. The molecular formula is C8H5BrF4O. The first-order chi connectivity index (χ1) is 6.54. The topological polar surface area (TPSA) is 20.2 Å². The van der Waals surface area contributed by atoms with E-state index in [0.29, 0.717) is 0 Å². The Labute approximate surface area is 85.5 Å². The highest BCUT2D eigenvalue weighted by molar-refractivity contribution is 9.08. The summed E-state index contributed by atoms with van der Waals surface area (Å²) in [5.41, 5.74) is -1.72. The number of alkyl halides is 1. The molecule has 0 spiro atoms. The van der Waals surface area contributed by atoms with Gasteiger partial charge in [0.2, 0.25) is 0 Å². The summed E-state index contributed by atoms with van der Waals surface area (Å²) in [6, 6.07) is 0. The molecule has 1 aromatic rings. The van der Waals surface area contributed by atoms with Crippen molar-refractivity contribution in [2.75, 3.05) is 0 Å². The molecule has 0 aromatic heterocycles. The van der Waals surface area contributed by atoms with Gasteiger partial charge in [-0.05, 0) is 0 Å². The molecule has 0 saturated heterocycles. The highest BCUT2D eigenvalue weighted by atomic mass is 79.9. The van der Waals surface area contributed by atoms with E-state index in [1.54, 1.807) is 0 Å². The number of hydrogen-bond donors (Lipinski definition) is 1. The van der Waals surface area contributed by atoms with Crippen molar-refractivity contribution >= 4 is 15.9 Å². The minimum atomic E-state index is -1.55. The maximum Gasteiger partial charge on any atom is 0.167 e. The molecule has 0 unspecified atom stereocenters. The quantitative estimate of drug-likeness (QED) is 0.499. The fourth-order valence-corrected chi connectivity index (χ4v) is 1.47. The maximum absolute atomic E-state index is 13.0. The first-order valence-electron chi connectivity index (χ1n) is 3.55. The van der Waals surface area contributed by atoms with Crippen LogP contribution < -0.4 is 0 Å². The van der Waals surface area contributed by atoms with E-state index in [9.17, 15) is 17.6 Å². The summed E-state index contributed by atoms with van der Waals surface area (Å²) in [5.74, 6) is -6.07. The van der Waals surface area contributed by atoms with E-state index < -0.39 is 41.0 Å². The van der Waals surface area contributed by atoms with Crippen LogP contribution >= 0.6 is 15.9 Å². The molecule has 0 bridgehead atoms. The van der Waals surface area contributed by atoms with E-state index >= 15 is 0 Å². The molecule has 0 atom stereocenters. The van der Waals surface area contributed by atoms with Crippen LogP contribution in [0.1, 0.15) is 11.1 Å². The van der Waals surface area contributed by atoms with Crippen LogP contribution in [0.2, 0.25) is 0 Å². The lowest BCUT2D eigenvalue weighted by Gasteiger charge is -2.08. The number of benzene rings is 1. The standard InChI is InChI=1S/C8H5BrF4O/c9-1-3-5(10)7(12)4(2-14)8(13)6(3)11/h14H,1-2H2. The average Bonchev–Trinajstić information content (AvgIpc) is 2.17. The van der Waals surface area contributed by atoms with Crippen molar-refractivity contribution in [3.63, 3.8) is 0 Å². The minimum absolute atomic E-state index is 0.343. The number of halogens is 5. The van der Waals surface area contributed by atoms with E-state index in [0.717, 1.165) is 0 Å². The van der Waals surface area contributed by atoms with Crippen LogP contribution in [0.15, 0.2) is 0 Å². The predicted molar refractivity (Wildman–Crippen MR) is 44.8 cm³/mol. The lowest BCUT2D eigenvalue weighted by atomic mass is 10.1. The zero-order valence-electron chi connectivity index (χ0n) is 6.75. The Morgan fingerprint density at radius 1 is 0.857 bits per heavy atom. The van der Waals surface area contributed by atoms with Crippen molar-refractivity contribution in [3.8, 4) is 0 Å². The second kappa shape index (κ2) is 4.27. The largest absolute Gasteiger partial charge is 0.391 e. The fraction of sp³-hybridized carbons (Fsp3) is 0.250. The SMILES string of the molecule is OCc1c(F)c(F)c(CBr)c(F)c1F. The second-order valence-corrected chi connectivity index (χ2v) is 3.07. The Balaban J connectivity index is 3.55. The highest BCUT2D eigenvalue weighted by Gasteiger charge is 2.23. The van der Waals surface area contributed by atoms with Gasteiger partial charge < -0.3 is 5.11 Å². The third-order valence-electron chi connectivity index (χ3n) is 1.74. The predicted octanol–water partition coefficient (Wildman–Crippen LogP) is 2.63. The third kappa shape index (κ3) is 1.64. The smallest absolute Gasteiger partial charge is 0.167 e. The second-order valence-electron chi connectivity index (χ2n) is 2.50. The molecule has 0 fully saturated rings. The molecule has 1 aromatic carbocycles. The van der Waals surface area contributed by atoms with Crippen molar-refractivity contribution in [1.29, 1.82) is 0 Å². The zero-order valence-corrected chi connectivity index (χ0v) is 8.34. The Hall–Kier alpha value is -0.620. The van der Waals surface area contributed by atoms with Crippen molar-refractivity contribution < 1.29 is 22.7 Å². The van der Waals surface area contributed by atoms with Crippen LogP contribution in [0.3, 0.4) is 0 Å². The Morgan fingerprint density at radius 2 is 1.21 bits per heavy atom. The summed E-state index contributed by atoms with van der Waals surface area (Å²) in [6.45, 7) is -1.09. The normalized spacial score (nSPS) is 10.7. The lowest BCUT2D eigenvalue weighted by Crippen LogP contribution is -2.07. The average molecular weight is 273 g/mol. The van der Waals surface area contributed by atoms with Crippen LogP contribution in [-0.2, 0) is 11.9 Å². The van der Waals surface area contributed by atoms with E-state index in [2.05, 4.69) is 15.9 Å². The van der Waals surface area contributed by atoms with Gasteiger partial charge in [-0.3, -0.25) is 0 Å². The van der Waals surface area contributed by atoms with Gasteiger partial charge in [0.25, 0.3) is 0 Å². The molecule has 0 aliphatic rings. The van der Waals surface area contributed by atoms with Gasteiger partial charge in [-0.25, -0.2) is 17.6 Å². The van der Waals surface area contributed by atoms with Gasteiger partial charge in [0.05, 0.1) is 12.2 Å². The molecule has 14 heavy (non-hydrogen) atoms. The highest BCUT2D eigenvalue weighted by Crippen LogP contribution is 2.25. The number of rotatable bonds is 2. The Morgan fingerprint density at radius 3 is 1.50 bits per heavy atom. The van der Waals surface area contributed by atoms with Crippen molar-refractivity contribution in [2.45, 2.75) is 11.9 Å². The molecule has 0 radical (unpaired) electrons. The van der Waals surface area contributed by atoms with Crippen LogP contribution in [0.25, 0.3) is 0 Å².